The van der Waals surface area contributed by atoms with Gasteiger partial charge < -0.3 is 24.4 Å². The molecule has 1 aliphatic heterocycles. The Balaban J connectivity index is 2.15. The summed E-state index contributed by atoms with van der Waals surface area (Å²) in [5.41, 5.74) is 0.663. The Morgan fingerprint density at radius 1 is 1.24 bits per heavy atom. The van der Waals surface area contributed by atoms with Crippen LogP contribution in [0.15, 0.2) is 47.0 Å². The SMILES string of the molecule is COc1ccc(OC)c([C@H]2C(C(=O)c3cccs3)=C(O)C(=O)N2CC[NH+](C)C)c1. The number of Topliss-reactive ketones (excluding diaryl/α,β-unsaturated/α-hetero) is 1. The number of nitrogens with one attached hydrogen (secondary N) is 1. The minimum atomic E-state index is -0.763. The third-order valence-corrected chi connectivity index (χ3v) is 5.75. The zero-order chi connectivity index (χ0) is 21.1. The highest BCUT2D eigenvalue weighted by atomic mass is 32.1. The average molecular weight is 418 g/mol. The molecule has 154 valence electrons. The van der Waals surface area contributed by atoms with Gasteiger partial charge >= 0.3 is 0 Å². The van der Waals surface area contributed by atoms with Crippen molar-refractivity contribution >= 4 is 23.0 Å². The van der Waals surface area contributed by atoms with E-state index in [9.17, 15) is 14.7 Å². The normalized spacial score (nSPS) is 16.7. The summed E-state index contributed by atoms with van der Waals surface area (Å²) in [7, 11) is 7.03. The lowest BCUT2D eigenvalue weighted by atomic mass is 9.94. The Kier molecular flexibility index (Phi) is 6.24. The summed E-state index contributed by atoms with van der Waals surface area (Å²) in [6, 6.07) is 7.91. The van der Waals surface area contributed by atoms with Crippen molar-refractivity contribution in [2.45, 2.75) is 6.04 Å². The highest BCUT2D eigenvalue weighted by Gasteiger charge is 2.45. The molecule has 0 bridgehead atoms. The maximum absolute atomic E-state index is 13.2. The maximum atomic E-state index is 13.2. The topological polar surface area (TPSA) is 80.5 Å². The first-order chi connectivity index (χ1) is 13.9. The number of benzene rings is 1. The molecule has 29 heavy (non-hydrogen) atoms. The predicted molar refractivity (Wildman–Crippen MR) is 110 cm³/mol. The summed E-state index contributed by atoms with van der Waals surface area (Å²) >= 11 is 1.27. The van der Waals surface area contributed by atoms with E-state index in [2.05, 4.69) is 0 Å². The number of amides is 1. The van der Waals surface area contributed by atoms with Crippen LogP contribution in [0.3, 0.4) is 0 Å². The summed E-state index contributed by atoms with van der Waals surface area (Å²) in [6.45, 7) is 1.03. The van der Waals surface area contributed by atoms with Gasteiger partial charge in [-0.05, 0) is 29.6 Å². The van der Waals surface area contributed by atoms with Crippen LogP contribution < -0.4 is 14.4 Å². The van der Waals surface area contributed by atoms with Crippen molar-refractivity contribution in [3.8, 4) is 11.5 Å². The van der Waals surface area contributed by atoms with Crippen molar-refractivity contribution in [3.63, 3.8) is 0 Å². The molecule has 7 nitrogen and oxygen atoms in total. The molecule has 1 atom stereocenters. The minimum absolute atomic E-state index is 0.0674. The Hall–Kier alpha value is -2.84. The number of aliphatic hydroxyl groups is 1. The molecule has 3 rings (SSSR count). The van der Waals surface area contributed by atoms with Gasteiger partial charge in [0.2, 0.25) is 5.78 Å². The van der Waals surface area contributed by atoms with E-state index in [1.807, 2.05) is 14.1 Å². The lowest BCUT2D eigenvalue weighted by Crippen LogP contribution is -3.06. The standard InChI is InChI=1S/C21H24N2O5S/c1-22(2)9-10-23-18(14-12-13(27-3)7-8-15(14)28-4)17(20(25)21(23)26)19(24)16-6-5-11-29-16/h5-8,11-12,18,25H,9-10H2,1-4H3/p+1/t18-/m0/s1. The second-order valence-electron chi connectivity index (χ2n) is 7.03. The number of nitrogens with zero attached hydrogens (tertiary/aromatic N) is 1. The van der Waals surface area contributed by atoms with Gasteiger partial charge in [-0.3, -0.25) is 9.59 Å². The molecule has 1 aliphatic rings. The van der Waals surface area contributed by atoms with E-state index in [4.69, 9.17) is 9.47 Å². The van der Waals surface area contributed by atoms with E-state index in [0.29, 0.717) is 35.0 Å². The van der Waals surface area contributed by atoms with E-state index in [1.54, 1.807) is 42.8 Å². The molecular formula is C21H25N2O5S+. The van der Waals surface area contributed by atoms with Crippen LogP contribution in [0.1, 0.15) is 21.3 Å². The number of methoxy groups -OCH3 is 2. The van der Waals surface area contributed by atoms with E-state index in [0.717, 1.165) is 4.90 Å². The molecule has 1 amide bonds. The fourth-order valence-corrected chi connectivity index (χ4v) is 4.06. The number of aliphatic hydroxyl groups excluding tert-OH is 1. The number of hydrogen-bond donors (Lipinski definition) is 2. The molecule has 0 fully saturated rings. The number of rotatable bonds is 8. The van der Waals surface area contributed by atoms with Gasteiger partial charge in [-0.2, -0.15) is 0 Å². The molecule has 0 spiro atoms. The van der Waals surface area contributed by atoms with Crippen LogP contribution in [0.4, 0.5) is 0 Å². The molecule has 8 heteroatoms. The van der Waals surface area contributed by atoms with Gasteiger partial charge in [-0.1, -0.05) is 6.07 Å². The Labute approximate surface area is 173 Å². The van der Waals surface area contributed by atoms with Crippen molar-refractivity contribution in [1.29, 1.82) is 0 Å². The van der Waals surface area contributed by atoms with Crippen molar-refractivity contribution in [1.82, 2.24) is 4.90 Å². The van der Waals surface area contributed by atoms with E-state index in [1.165, 1.54) is 23.3 Å². The second-order valence-corrected chi connectivity index (χ2v) is 7.98. The van der Waals surface area contributed by atoms with Crippen molar-refractivity contribution < 1.29 is 29.1 Å². The molecule has 0 saturated carbocycles. The fraction of sp³-hybridized carbons (Fsp3) is 0.333. The molecule has 2 aromatic rings. The van der Waals surface area contributed by atoms with Crippen LogP contribution in [-0.4, -0.2) is 63.1 Å². The van der Waals surface area contributed by atoms with Gasteiger partial charge in [0, 0.05) is 5.56 Å². The highest BCUT2D eigenvalue weighted by molar-refractivity contribution is 7.12. The van der Waals surface area contributed by atoms with Crippen LogP contribution in [-0.2, 0) is 4.79 Å². The molecule has 0 unspecified atom stereocenters. The molecule has 2 heterocycles. The number of carbonyl (C=O) groups excluding carboxylic acids is 2. The quantitative estimate of drug-likeness (QED) is 0.636. The van der Waals surface area contributed by atoms with Crippen LogP contribution >= 0.6 is 11.3 Å². The molecule has 0 radical (unpaired) electrons. The second kappa shape index (κ2) is 8.67. The molecule has 1 aromatic carbocycles. The van der Waals surface area contributed by atoms with Crippen LogP contribution in [0.25, 0.3) is 0 Å². The number of thiophene rings is 1. The first-order valence-electron chi connectivity index (χ1n) is 9.22. The van der Waals surface area contributed by atoms with Crippen molar-refractivity contribution in [2.24, 2.45) is 0 Å². The zero-order valence-electron chi connectivity index (χ0n) is 16.9. The number of quaternary nitrogens is 1. The Bertz CT molecular complexity index is 937. The van der Waals surface area contributed by atoms with Crippen LogP contribution in [0.5, 0.6) is 11.5 Å². The molecular weight excluding hydrogens is 392 g/mol. The van der Waals surface area contributed by atoms with Gasteiger partial charge in [-0.15, -0.1) is 11.3 Å². The summed E-state index contributed by atoms with van der Waals surface area (Å²) < 4.78 is 10.9. The van der Waals surface area contributed by atoms with Gasteiger partial charge in [0.15, 0.2) is 5.76 Å². The monoisotopic (exact) mass is 417 g/mol. The predicted octanol–water partition coefficient (Wildman–Crippen LogP) is 1.49. The molecule has 0 aliphatic carbocycles. The largest absolute Gasteiger partial charge is 0.503 e. The van der Waals surface area contributed by atoms with Crippen molar-refractivity contribution in [2.75, 3.05) is 41.4 Å². The maximum Gasteiger partial charge on any atom is 0.290 e. The molecule has 0 saturated heterocycles. The number of likely N-dealkylation sites (N-methyl/N-ethyl adjacent to an activating group) is 1. The van der Waals surface area contributed by atoms with E-state index >= 15 is 0 Å². The van der Waals surface area contributed by atoms with Gasteiger partial charge in [0.25, 0.3) is 5.91 Å². The van der Waals surface area contributed by atoms with Crippen LogP contribution in [0, 0.1) is 0 Å². The Morgan fingerprint density at radius 3 is 2.59 bits per heavy atom. The number of ketones is 1. The van der Waals surface area contributed by atoms with Crippen molar-refractivity contribution in [3.05, 3.63) is 57.5 Å². The first-order valence-corrected chi connectivity index (χ1v) is 10.1. The summed E-state index contributed by atoms with van der Waals surface area (Å²) in [4.78, 5) is 29.3. The van der Waals surface area contributed by atoms with E-state index < -0.39 is 17.7 Å². The first kappa shape index (κ1) is 20.9. The fourth-order valence-electron chi connectivity index (χ4n) is 3.38. The zero-order valence-corrected chi connectivity index (χ0v) is 17.7. The third-order valence-electron chi connectivity index (χ3n) is 4.88. The van der Waals surface area contributed by atoms with E-state index in [-0.39, 0.29) is 11.4 Å². The van der Waals surface area contributed by atoms with Gasteiger partial charge in [0.1, 0.15) is 11.5 Å². The molecule has 2 N–H and O–H groups in total. The minimum Gasteiger partial charge on any atom is -0.503 e. The lowest BCUT2D eigenvalue weighted by Gasteiger charge is -2.28. The van der Waals surface area contributed by atoms with Gasteiger partial charge in [0.05, 0.1) is 57.9 Å². The summed E-state index contributed by atoms with van der Waals surface area (Å²) in [5.74, 6) is -0.341. The summed E-state index contributed by atoms with van der Waals surface area (Å²) in [5, 5.41) is 12.5. The Morgan fingerprint density at radius 2 is 2.00 bits per heavy atom. The smallest absolute Gasteiger partial charge is 0.290 e. The molecule has 1 aromatic heterocycles. The number of carbonyl (C=O) groups is 2. The van der Waals surface area contributed by atoms with Crippen LogP contribution in [0.2, 0.25) is 0 Å². The lowest BCUT2D eigenvalue weighted by molar-refractivity contribution is -0.857. The number of ether oxygens (including phenoxy) is 2. The summed E-state index contributed by atoms with van der Waals surface area (Å²) in [6.07, 6.45) is 0. The number of hydrogen-bond acceptors (Lipinski definition) is 6. The highest BCUT2D eigenvalue weighted by Crippen LogP contribution is 2.43. The van der Waals surface area contributed by atoms with Gasteiger partial charge in [-0.25, -0.2) is 0 Å². The third kappa shape index (κ3) is 3.99. The average Bonchev–Trinajstić information content (AvgIpc) is 3.33.